The third-order valence-electron chi connectivity index (χ3n) is 5.78. The SMILES string of the molecule is CCOc1cc2c(cc1OCC)CN(CC(=O)N[C@@H]1CCCC[C@@H]1C)CC2. The Balaban J connectivity index is 1.61. The molecular weight excluding hydrogens is 340 g/mol. The molecule has 0 unspecified atom stereocenters. The Morgan fingerprint density at radius 2 is 1.78 bits per heavy atom. The normalized spacial score (nSPS) is 22.8. The molecule has 2 aliphatic rings. The first-order valence-electron chi connectivity index (χ1n) is 10.5. The zero-order valence-corrected chi connectivity index (χ0v) is 17.1. The zero-order chi connectivity index (χ0) is 19.2. The topological polar surface area (TPSA) is 50.8 Å². The molecule has 1 aromatic carbocycles. The highest BCUT2D eigenvalue weighted by Gasteiger charge is 2.25. The molecule has 3 rings (SSSR count). The Morgan fingerprint density at radius 3 is 2.44 bits per heavy atom. The first-order valence-corrected chi connectivity index (χ1v) is 10.5. The number of rotatable bonds is 7. The van der Waals surface area contributed by atoms with Crippen molar-refractivity contribution in [2.24, 2.45) is 5.92 Å². The number of carbonyl (C=O) groups is 1. The number of fused-ring (bicyclic) bond motifs is 1. The summed E-state index contributed by atoms with van der Waals surface area (Å²) >= 11 is 0. The van der Waals surface area contributed by atoms with Gasteiger partial charge >= 0.3 is 0 Å². The van der Waals surface area contributed by atoms with Gasteiger partial charge in [-0.3, -0.25) is 9.69 Å². The number of carbonyl (C=O) groups excluding carboxylic acids is 1. The van der Waals surface area contributed by atoms with Crippen molar-refractivity contribution >= 4 is 5.91 Å². The lowest BCUT2D eigenvalue weighted by atomic mass is 9.86. The van der Waals surface area contributed by atoms with Crippen LogP contribution < -0.4 is 14.8 Å². The average molecular weight is 375 g/mol. The number of nitrogens with one attached hydrogen (secondary N) is 1. The van der Waals surface area contributed by atoms with Crippen molar-refractivity contribution in [1.82, 2.24) is 10.2 Å². The maximum absolute atomic E-state index is 12.5. The van der Waals surface area contributed by atoms with Crippen LogP contribution in [0.4, 0.5) is 0 Å². The van der Waals surface area contributed by atoms with Crippen LogP contribution in [0.15, 0.2) is 12.1 Å². The largest absolute Gasteiger partial charge is 0.490 e. The molecule has 1 aromatic rings. The molecule has 1 aliphatic heterocycles. The maximum Gasteiger partial charge on any atom is 0.234 e. The van der Waals surface area contributed by atoms with Crippen LogP contribution in [0.5, 0.6) is 11.5 Å². The lowest BCUT2D eigenvalue weighted by Crippen LogP contribution is -2.46. The van der Waals surface area contributed by atoms with Crippen LogP contribution in [0.3, 0.4) is 0 Å². The maximum atomic E-state index is 12.5. The van der Waals surface area contributed by atoms with Crippen molar-refractivity contribution in [1.29, 1.82) is 0 Å². The Labute approximate surface area is 163 Å². The van der Waals surface area contributed by atoms with E-state index in [1.54, 1.807) is 0 Å². The predicted molar refractivity (Wildman–Crippen MR) is 107 cm³/mol. The lowest BCUT2D eigenvalue weighted by molar-refractivity contribution is -0.123. The van der Waals surface area contributed by atoms with Gasteiger partial charge in [-0.05, 0) is 62.3 Å². The number of nitrogens with zero attached hydrogens (tertiary/aromatic N) is 1. The summed E-state index contributed by atoms with van der Waals surface area (Å²) in [4.78, 5) is 14.8. The molecule has 1 aliphatic carbocycles. The van der Waals surface area contributed by atoms with Gasteiger partial charge in [0.1, 0.15) is 0 Å². The third-order valence-corrected chi connectivity index (χ3v) is 5.78. The molecule has 0 spiro atoms. The molecule has 150 valence electrons. The third kappa shape index (κ3) is 5.16. The minimum absolute atomic E-state index is 0.160. The first kappa shape index (κ1) is 20.0. The van der Waals surface area contributed by atoms with Crippen LogP contribution >= 0.6 is 0 Å². The zero-order valence-electron chi connectivity index (χ0n) is 17.1. The standard InChI is InChI=1S/C22H34N2O3/c1-4-26-20-12-17-10-11-24(14-18(17)13-21(20)27-5-2)15-22(25)23-19-9-7-6-8-16(19)3/h12-13,16,19H,4-11,14-15H2,1-3H3,(H,23,25)/t16-,19+/m0/s1. The van der Waals surface area contributed by atoms with E-state index in [0.29, 0.717) is 31.7 Å². The van der Waals surface area contributed by atoms with Gasteiger partial charge in [0.25, 0.3) is 0 Å². The molecule has 0 saturated heterocycles. The van der Waals surface area contributed by atoms with E-state index in [4.69, 9.17) is 9.47 Å². The van der Waals surface area contributed by atoms with Crippen molar-refractivity contribution < 1.29 is 14.3 Å². The van der Waals surface area contributed by atoms with E-state index in [0.717, 1.165) is 37.4 Å². The van der Waals surface area contributed by atoms with E-state index >= 15 is 0 Å². The highest BCUT2D eigenvalue weighted by molar-refractivity contribution is 5.78. The van der Waals surface area contributed by atoms with Crippen LogP contribution in [-0.2, 0) is 17.8 Å². The van der Waals surface area contributed by atoms with Crippen molar-refractivity contribution in [2.45, 2.75) is 65.5 Å². The predicted octanol–water partition coefficient (Wildman–Crippen LogP) is 3.54. The van der Waals surface area contributed by atoms with E-state index in [1.807, 2.05) is 13.8 Å². The summed E-state index contributed by atoms with van der Waals surface area (Å²) in [6.45, 7) is 9.64. The second-order valence-electron chi connectivity index (χ2n) is 7.83. The summed E-state index contributed by atoms with van der Waals surface area (Å²) in [5.41, 5.74) is 2.55. The average Bonchev–Trinajstić information content (AvgIpc) is 2.64. The molecular formula is C22H34N2O3. The van der Waals surface area contributed by atoms with E-state index in [9.17, 15) is 4.79 Å². The van der Waals surface area contributed by atoms with Crippen LogP contribution in [0, 0.1) is 5.92 Å². The number of hydrogen-bond donors (Lipinski definition) is 1. The molecule has 5 heteroatoms. The van der Waals surface area contributed by atoms with E-state index in [1.165, 1.54) is 30.4 Å². The number of benzene rings is 1. The van der Waals surface area contributed by atoms with Crippen LogP contribution in [-0.4, -0.2) is 43.2 Å². The van der Waals surface area contributed by atoms with Gasteiger partial charge in [0.05, 0.1) is 19.8 Å². The van der Waals surface area contributed by atoms with Crippen molar-refractivity contribution in [3.63, 3.8) is 0 Å². The molecule has 1 amide bonds. The molecule has 0 aromatic heterocycles. The Bertz CT molecular complexity index is 647. The van der Waals surface area contributed by atoms with Gasteiger partial charge in [0.2, 0.25) is 5.91 Å². The van der Waals surface area contributed by atoms with Gasteiger partial charge < -0.3 is 14.8 Å². The minimum atomic E-state index is 0.160. The lowest BCUT2D eigenvalue weighted by Gasteiger charge is -2.32. The molecule has 1 fully saturated rings. The summed E-state index contributed by atoms with van der Waals surface area (Å²) in [6, 6.07) is 4.56. The van der Waals surface area contributed by atoms with Gasteiger partial charge in [-0.2, -0.15) is 0 Å². The second kappa shape index (κ2) is 9.45. The van der Waals surface area contributed by atoms with Crippen molar-refractivity contribution in [2.75, 3.05) is 26.3 Å². The van der Waals surface area contributed by atoms with Crippen molar-refractivity contribution in [3.05, 3.63) is 23.3 Å². The quantitative estimate of drug-likeness (QED) is 0.793. The van der Waals surface area contributed by atoms with Crippen LogP contribution in [0.1, 0.15) is 57.6 Å². The monoisotopic (exact) mass is 374 g/mol. The highest BCUT2D eigenvalue weighted by atomic mass is 16.5. The van der Waals surface area contributed by atoms with Crippen molar-refractivity contribution in [3.8, 4) is 11.5 Å². The fourth-order valence-electron chi connectivity index (χ4n) is 4.28. The Kier molecular flexibility index (Phi) is 7.00. The molecule has 1 N–H and O–H groups in total. The summed E-state index contributed by atoms with van der Waals surface area (Å²) in [5, 5.41) is 3.27. The molecule has 27 heavy (non-hydrogen) atoms. The van der Waals surface area contributed by atoms with E-state index < -0.39 is 0 Å². The summed E-state index contributed by atoms with van der Waals surface area (Å²) in [7, 11) is 0. The van der Waals surface area contributed by atoms with Crippen LogP contribution in [0.25, 0.3) is 0 Å². The Hall–Kier alpha value is -1.75. The molecule has 1 heterocycles. The molecule has 0 radical (unpaired) electrons. The van der Waals surface area contributed by atoms with E-state index in [2.05, 4.69) is 29.3 Å². The van der Waals surface area contributed by atoms with Gasteiger partial charge in [-0.15, -0.1) is 0 Å². The number of ether oxygens (including phenoxy) is 2. The van der Waals surface area contributed by atoms with Gasteiger partial charge in [0.15, 0.2) is 11.5 Å². The summed E-state index contributed by atoms with van der Waals surface area (Å²) < 4.78 is 11.5. The Morgan fingerprint density at radius 1 is 1.11 bits per heavy atom. The molecule has 5 nitrogen and oxygen atoms in total. The van der Waals surface area contributed by atoms with Gasteiger partial charge in [-0.25, -0.2) is 0 Å². The second-order valence-corrected chi connectivity index (χ2v) is 7.83. The fourth-order valence-corrected chi connectivity index (χ4v) is 4.28. The molecule has 2 atom stereocenters. The molecule has 1 saturated carbocycles. The van der Waals surface area contributed by atoms with Gasteiger partial charge in [0, 0.05) is 19.1 Å². The van der Waals surface area contributed by atoms with Gasteiger partial charge in [-0.1, -0.05) is 19.8 Å². The summed E-state index contributed by atoms with van der Waals surface area (Å²) in [5.74, 6) is 2.39. The minimum Gasteiger partial charge on any atom is -0.490 e. The highest BCUT2D eigenvalue weighted by Crippen LogP contribution is 2.34. The molecule has 0 bridgehead atoms. The first-order chi connectivity index (χ1) is 13.1. The number of amides is 1. The summed E-state index contributed by atoms with van der Waals surface area (Å²) in [6.07, 6.45) is 5.81. The van der Waals surface area contributed by atoms with E-state index in [-0.39, 0.29) is 5.91 Å². The fraction of sp³-hybridized carbons (Fsp3) is 0.682. The van der Waals surface area contributed by atoms with Crippen LogP contribution in [0.2, 0.25) is 0 Å². The number of hydrogen-bond acceptors (Lipinski definition) is 4. The smallest absolute Gasteiger partial charge is 0.234 e.